The topological polar surface area (TPSA) is 40.0 Å². The van der Waals surface area contributed by atoms with Gasteiger partial charge in [0.25, 0.3) is 5.91 Å². The third kappa shape index (κ3) is 3.87. The molecular weight excluding hydrogens is 356 g/mol. The molecule has 4 rings (SSSR count). The Bertz CT molecular complexity index is 908. The number of rotatable bonds is 5. The molecule has 1 aliphatic rings. The first-order chi connectivity index (χ1) is 13.1. The van der Waals surface area contributed by atoms with Crippen molar-refractivity contribution in [1.82, 2.24) is 14.6 Å². The van der Waals surface area contributed by atoms with E-state index in [1.807, 2.05) is 35.8 Å². The molecule has 27 heavy (non-hydrogen) atoms. The van der Waals surface area contributed by atoms with E-state index in [1.165, 1.54) is 5.82 Å². The fourth-order valence-corrected chi connectivity index (χ4v) is 4.27. The molecule has 1 aliphatic heterocycles. The van der Waals surface area contributed by atoms with Crippen molar-refractivity contribution in [3.05, 3.63) is 58.4 Å². The molecule has 0 bridgehead atoms. The third-order valence-corrected chi connectivity index (χ3v) is 6.14. The monoisotopic (exact) mass is 382 g/mol. The number of hydrogen-bond acceptors (Lipinski definition) is 4. The smallest absolute Gasteiger partial charge is 0.253 e. The zero-order valence-electron chi connectivity index (χ0n) is 15.9. The Morgan fingerprint density at radius 1 is 1.11 bits per heavy atom. The molecule has 0 saturated carbocycles. The second-order valence-electron chi connectivity index (χ2n) is 7.28. The molecule has 5 nitrogen and oxygen atoms in total. The molecule has 0 unspecified atom stereocenters. The Morgan fingerprint density at radius 2 is 1.89 bits per heavy atom. The second-order valence-corrected chi connectivity index (χ2v) is 8.32. The quantitative estimate of drug-likeness (QED) is 0.735. The number of anilines is 1. The van der Waals surface area contributed by atoms with Crippen LogP contribution in [0.1, 0.15) is 29.1 Å². The average molecular weight is 383 g/mol. The number of carbonyl (C=O) groups is 1. The standard InChI is InChI=1S/C21H26N4OS/c1-16(2)23-9-11-24(12-10-23)20-8-7-18-6-5-17(15-25(18)20)21(26)22-14-19-4-3-13-27-19/h3-8,13,15-16H,9-12,14H2,1-2H3,(H,22,26). The summed E-state index contributed by atoms with van der Waals surface area (Å²) in [6.07, 6.45) is 1.96. The van der Waals surface area contributed by atoms with E-state index in [2.05, 4.69) is 45.5 Å². The van der Waals surface area contributed by atoms with Crippen LogP contribution in [0.5, 0.6) is 0 Å². The average Bonchev–Trinajstić information content (AvgIpc) is 3.35. The fourth-order valence-electron chi connectivity index (χ4n) is 3.63. The van der Waals surface area contributed by atoms with Crippen molar-refractivity contribution in [2.45, 2.75) is 26.4 Å². The van der Waals surface area contributed by atoms with Crippen molar-refractivity contribution in [2.24, 2.45) is 0 Å². The maximum Gasteiger partial charge on any atom is 0.253 e. The molecule has 0 atom stereocenters. The molecule has 1 N–H and O–H groups in total. The zero-order chi connectivity index (χ0) is 18.8. The molecule has 0 aliphatic carbocycles. The minimum Gasteiger partial charge on any atom is -0.355 e. The highest BCUT2D eigenvalue weighted by Crippen LogP contribution is 2.22. The first-order valence-corrected chi connectivity index (χ1v) is 10.4. The van der Waals surface area contributed by atoms with E-state index in [9.17, 15) is 4.79 Å². The van der Waals surface area contributed by atoms with Gasteiger partial charge in [-0.05, 0) is 49.6 Å². The van der Waals surface area contributed by atoms with Crippen LogP contribution >= 0.6 is 11.3 Å². The molecule has 3 aromatic heterocycles. The SMILES string of the molecule is CC(C)N1CCN(c2ccc3ccc(C(=O)NCc4cccs4)cn23)CC1. The van der Waals surface area contributed by atoms with Gasteiger partial charge in [0.2, 0.25) is 0 Å². The van der Waals surface area contributed by atoms with Gasteiger partial charge >= 0.3 is 0 Å². The Morgan fingerprint density at radius 3 is 2.59 bits per heavy atom. The van der Waals surface area contributed by atoms with E-state index < -0.39 is 0 Å². The Labute approximate surface area is 164 Å². The third-order valence-electron chi connectivity index (χ3n) is 5.26. The van der Waals surface area contributed by atoms with Gasteiger partial charge in [0.1, 0.15) is 5.82 Å². The Kier molecular flexibility index (Phi) is 5.18. The second kappa shape index (κ2) is 7.74. The molecule has 142 valence electrons. The summed E-state index contributed by atoms with van der Waals surface area (Å²) in [5.41, 5.74) is 1.81. The van der Waals surface area contributed by atoms with Crippen molar-refractivity contribution in [2.75, 3.05) is 31.1 Å². The minimum atomic E-state index is -0.0328. The maximum atomic E-state index is 12.6. The zero-order valence-corrected chi connectivity index (χ0v) is 16.7. The predicted molar refractivity (Wildman–Crippen MR) is 112 cm³/mol. The number of piperazine rings is 1. The molecule has 4 heterocycles. The van der Waals surface area contributed by atoms with Gasteiger partial charge in [-0.25, -0.2) is 0 Å². The van der Waals surface area contributed by atoms with Gasteiger partial charge in [0.05, 0.1) is 12.1 Å². The van der Waals surface area contributed by atoms with Crippen LogP contribution in [-0.4, -0.2) is 47.4 Å². The molecule has 1 saturated heterocycles. The fraction of sp³-hybridized carbons (Fsp3) is 0.381. The van der Waals surface area contributed by atoms with Crippen molar-refractivity contribution in [3.63, 3.8) is 0 Å². The Hall–Kier alpha value is -2.31. The van der Waals surface area contributed by atoms with E-state index in [4.69, 9.17) is 0 Å². The molecule has 1 amide bonds. The van der Waals surface area contributed by atoms with E-state index in [0.717, 1.165) is 36.6 Å². The normalized spacial score (nSPS) is 15.6. The first kappa shape index (κ1) is 18.1. The maximum absolute atomic E-state index is 12.6. The summed E-state index contributed by atoms with van der Waals surface area (Å²) in [6, 6.07) is 12.8. The number of nitrogens with zero attached hydrogens (tertiary/aromatic N) is 3. The molecule has 3 aromatic rings. The Balaban J connectivity index is 1.50. The van der Waals surface area contributed by atoms with Crippen LogP contribution in [0.25, 0.3) is 5.52 Å². The molecular formula is C21H26N4OS. The van der Waals surface area contributed by atoms with Gasteiger partial charge in [0.15, 0.2) is 0 Å². The molecule has 1 fully saturated rings. The summed E-state index contributed by atoms with van der Waals surface area (Å²) >= 11 is 1.66. The number of hydrogen-bond donors (Lipinski definition) is 1. The van der Waals surface area contributed by atoms with Crippen LogP contribution in [0.4, 0.5) is 5.82 Å². The van der Waals surface area contributed by atoms with Gasteiger partial charge in [-0.2, -0.15) is 0 Å². The summed E-state index contributed by atoms with van der Waals surface area (Å²) in [5.74, 6) is 1.14. The number of fused-ring (bicyclic) bond motifs is 1. The number of thiophene rings is 1. The molecule has 0 spiro atoms. The lowest BCUT2D eigenvalue weighted by atomic mass is 10.2. The highest BCUT2D eigenvalue weighted by Gasteiger charge is 2.21. The van der Waals surface area contributed by atoms with Crippen molar-refractivity contribution >= 4 is 28.6 Å². The van der Waals surface area contributed by atoms with E-state index >= 15 is 0 Å². The summed E-state index contributed by atoms with van der Waals surface area (Å²) in [5, 5.41) is 5.04. The van der Waals surface area contributed by atoms with Crippen LogP contribution < -0.4 is 10.2 Å². The van der Waals surface area contributed by atoms with Crippen LogP contribution in [0.15, 0.2) is 48.0 Å². The highest BCUT2D eigenvalue weighted by molar-refractivity contribution is 7.09. The van der Waals surface area contributed by atoms with E-state index in [-0.39, 0.29) is 5.91 Å². The van der Waals surface area contributed by atoms with Crippen LogP contribution in [0.2, 0.25) is 0 Å². The van der Waals surface area contributed by atoms with Crippen molar-refractivity contribution in [1.29, 1.82) is 0 Å². The largest absolute Gasteiger partial charge is 0.355 e. The summed E-state index contributed by atoms with van der Waals surface area (Å²) in [6.45, 7) is 9.26. The van der Waals surface area contributed by atoms with E-state index in [1.54, 1.807) is 11.3 Å². The van der Waals surface area contributed by atoms with E-state index in [0.29, 0.717) is 18.2 Å². The highest BCUT2D eigenvalue weighted by atomic mass is 32.1. The number of amides is 1. The summed E-state index contributed by atoms with van der Waals surface area (Å²) < 4.78 is 2.14. The molecule has 0 aromatic carbocycles. The lowest BCUT2D eigenvalue weighted by molar-refractivity contribution is 0.0951. The van der Waals surface area contributed by atoms with Crippen LogP contribution in [0.3, 0.4) is 0 Å². The van der Waals surface area contributed by atoms with Crippen molar-refractivity contribution in [3.8, 4) is 0 Å². The van der Waals surface area contributed by atoms with Crippen molar-refractivity contribution < 1.29 is 4.79 Å². The van der Waals surface area contributed by atoms with Gasteiger partial charge < -0.3 is 14.6 Å². The van der Waals surface area contributed by atoms with Gasteiger partial charge in [-0.3, -0.25) is 9.69 Å². The lowest BCUT2D eigenvalue weighted by Gasteiger charge is -2.37. The minimum absolute atomic E-state index is 0.0328. The molecule has 6 heteroatoms. The van der Waals surface area contributed by atoms with Gasteiger partial charge in [0, 0.05) is 48.8 Å². The summed E-state index contributed by atoms with van der Waals surface area (Å²) in [4.78, 5) is 18.7. The lowest BCUT2D eigenvalue weighted by Crippen LogP contribution is -2.49. The van der Waals surface area contributed by atoms with Gasteiger partial charge in [-0.1, -0.05) is 6.07 Å². The van der Waals surface area contributed by atoms with Gasteiger partial charge in [-0.15, -0.1) is 11.3 Å². The first-order valence-electron chi connectivity index (χ1n) is 9.52. The summed E-state index contributed by atoms with van der Waals surface area (Å²) in [7, 11) is 0. The predicted octanol–water partition coefficient (Wildman–Crippen LogP) is 3.46. The van der Waals surface area contributed by atoms with Crippen LogP contribution in [-0.2, 0) is 6.54 Å². The number of nitrogens with one attached hydrogen (secondary N) is 1. The number of carbonyl (C=O) groups excluding carboxylic acids is 1. The molecule has 0 radical (unpaired) electrons. The number of pyridine rings is 1. The van der Waals surface area contributed by atoms with Crippen LogP contribution in [0, 0.1) is 0 Å². The number of aromatic nitrogens is 1.